The summed E-state index contributed by atoms with van der Waals surface area (Å²) in [5, 5.41) is 10.4. The van der Waals surface area contributed by atoms with E-state index < -0.39 is 11.7 Å². The molecule has 8 heteroatoms. The standard InChI is InChI=1S/C23H34FN5O2/c1-6-17-13-21(28-27-17)29-11-7-8-20(29)18-12-16(24)14-25-19(18)10-9-15(2)26-22(30)31-23(3,4)5/h12-15,20H,6-11H2,1-5H3,(H,26,30)(H,27,28)/t15-,20-/m1/s1. The fourth-order valence-electron chi connectivity index (χ4n) is 3.96. The van der Waals surface area contributed by atoms with Crippen molar-refractivity contribution in [2.45, 2.75) is 84.4 Å². The lowest BCUT2D eigenvalue weighted by Gasteiger charge is -2.26. The van der Waals surface area contributed by atoms with E-state index in [0.717, 1.165) is 48.6 Å². The van der Waals surface area contributed by atoms with Crippen LogP contribution in [0.1, 0.15) is 76.9 Å². The molecule has 1 saturated heterocycles. The fourth-order valence-corrected chi connectivity index (χ4v) is 3.96. The lowest BCUT2D eigenvalue weighted by atomic mass is 9.98. The number of aromatic amines is 1. The number of nitrogens with one attached hydrogen (secondary N) is 2. The fraction of sp³-hybridized carbons (Fsp3) is 0.609. The maximum atomic E-state index is 14.1. The minimum atomic E-state index is -0.536. The van der Waals surface area contributed by atoms with Crippen LogP contribution in [-0.2, 0) is 17.6 Å². The van der Waals surface area contributed by atoms with E-state index in [0.29, 0.717) is 12.8 Å². The Labute approximate surface area is 183 Å². The highest BCUT2D eigenvalue weighted by Gasteiger charge is 2.30. The highest BCUT2D eigenvalue weighted by Crippen LogP contribution is 2.37. The molecule has 2 atom stereocenters. The number of aromatic nitrogens is 3. The van der Waals surface area contributed by atoms with Gasteiger partial charge >= 0.3 is 6.09 Å². The zero-order chi connectivity index (χ0) is 22.6. The van der Waals surface area contributed by atoms with Crippen molar-refractivity contribution in [1.29, 1.82) is 0 Å². The number of ether oxygens (including phenoxy) is 1. The predicted molar refractivity (Wildman–Crippen MR) is 119 cm³/mol. The van der Waals surface area contributed by atoms with Crippen LogP contribution in [-0.4, -0.2) is 39.5 Å². The number of carbonyl (C=O) groups is 1. The summed E-state index contributed by atoms with van der Waals surface area (Å²) in [7, 11) is 0. The van der Waals surface area contributed by atoms with Crippen LogP contribution in [0.3, 0.4) is 0 Å². The number of amides is 1. The third-order valence-electron chi connectivity index (χ3n) is 5.45. The number of H-pyrrole nitrogens is 1. The first-order valence-corrected chi connectivity index (χ1v) is 11.1. The number of pyridine rings is 1. The van der Waals surface area contributed by atoms with Gasteiger partial charge in [-0.25, -0.2) is 9.18 Å². The number of alkyl carbamates (subject to hydrolysis) is 1. The van der Waals surface area contributed by atoms with Gasteiger partial charge in [0, 0.05) is 30.0 Å². The van der Waals surface area contributed by atoms with Gasteiger partial charge in [0.25, 0.3) is 0 Å². The number of aryl methyl sites for hydroxylation is 2. The largest absolute Gasteiger partial charge is 0.444 e. The van der Waals surface area contributed by atoms with Crippen molar-refractivity contribution >= 4 is 11.9 Å². The Hall–Kier alpha value is -2.64. The second kappa shape index (κ2) is 9.66. The third-order valence-corrected chi connectivity index (χ3v) is 5.45. The maximum absolute atomic E-state index is 14.1. The zero-order valence-corrected chi connectivity index (χ0v) is 19.2. The molecule has 0 unspecified atom stereocenters. The summed E-state index contributed by atoms with van der Waals surface area (Å²) in [5.74, 6) is 0.566. The zero-order valence-electron chi connectivity index (χ0n) is 19.2. The third kappa shape index (κ3) is 6.18. The molecule has 0 spiro atoms. The molecule has 1 fully saturated rings. The number of halogens is 1. The van der Waals surface area contributed by atoms with Crippen molar-refractivity contribution < 1.29 is 13.9 Å². The van der Waals surface area contributed by atoms with E-state index in [1.807, 2.05) is 27.7 Å². The van der Waals surface area contributed by atoms with Crippen LogP contribution < -0.4 is 10.2 Å². The van der Waals surface area contributed by atoms with Crippen molar-refractivity contribution in [3.05, 3.63) is 41.1 Å². The van der Waals surface area contributed by atoms with Gasteiger partial charge in [-0.05, 0) is 71.4 Å². The van der Waals surface area contributed by atoms with Gasteiger partial charge in [-0.3, -0.25) is 10.1 Å². The van der Waals surface area contributed by atoms with E-state index >= 15 is 0 Å². The van der Waals surface area contributed by atoms with Gasteiger partial charge in [-0.15, -0.1) is 0 Å². The Balaban J connectivity index is 1.71. The Morgan fingerprint density at radius 2 is 2.19 bits per heavy atom. The Bertz CT molecular complexity index is 892. The molecule has 1 aliphatic rings. The molecule has 2 N–H and O–H groups in total. The first kappa shape index (κ1) is 23.0. The minimum Gasteiger partial charge on any atom is -0.444 e. The van der Waals surface area contributed by atoms with Crippen LogP contribution in [0.15, 0.2) is 18.3 Å². The van der Waals surface area contributed by atoms with E-state index in [2.05, 4.69) is 38.4 Å². The van der Waals surface area contributed by atoms with E-state index in [1.165, 1.54) is 6.20 Å². The molecular weight excluding hydrogens is 397 g/mol. The molecule has 0 saturated carbocycles. The smallest absolute Gasteiger partial charge is 0.407 e. The van der Waals surface area contributed by atoms with Crippen molar-refractivity contribution in [3.63, 3.8) is 0 Å². The topological polar surface area (TPSA) is 83.1 Å². The average molecular weight is 432 g/mol. The summed E-state index contributed by atoms with van der Waals surface area (Å²) in [4.78, 5) is 18.7. The van der Waals surface area contributed by atoms with Gasteiger partial charge in [-0.2, -0.15) is 5.10 Å². The Morgan fingerprint density at radius 1 is 1.42 bits per heavy atom. The minimum absolute atomic E-state index is 0.0420. The lowest BCUT2D eigenvalue weighted by molar-refractivity contribution is 0.0506. The summed E-state index contributed by atoms with van der Waals surface area (Å²) in [6, 6.07) is 3.62. The first-order chi connectivity index (χ1) is 14.7. The van der Waals surface area contributed by atoms with E-state index in [9.17, 15) is 9.18 Å². The molecule has 1 amide bonds. The van der Waals surface area contributed by atoms with E-state index in [4.69, 9.17) is 4.74 Å². The number of hydrogen-bond acceptors (Lipinski definition) is 5. The van der Waals surface area contributed by atoms with Crippen LogP contribution >= 0.6 is 0 Å². The molecule has 0 aliphatic carbocycles. The van der Waals surface area contributed by atoms with Gasteiger partial charge in [0.2, 0.25) is 0 Å². The van der Waals surface area contributed by atoms with Gasteiger partial charge in [0.05, 0.1) is 12.2 Å². The van der Waals surface area contributed by atoms with Crippen LogP contribution in [0.25, 0.3) is 0 Å². The second-order valence-electron chi connectivity index (χ2n) is 9.23. The van der Waals surface area contributed by atoms with Crippen molar-refractivity contribution in [1.82, 2.24) is 20.5 Å². The van der Waals surface area contributed by atoms with Gasteiger partial charge in [0.15, 0.2) is 5.82 Å². The van der Waals surface area contributed by atoms with Crippen molar-refractivity contribution in [2.75, 3.05) is 11.4 Å². The average Bonchev–Trinajstić information content (AvgIpc) is 3.34. The molecule has 7 nitrogen and oxygen atoms in total. The van der Waals surface area contributed by atoms with Gasteiger partial charge in [-0.1, -0.05) is 6.92 Å². The summed E-state index contributed by atoms with van der Waals surface area (Å²) in [6.07, 6.45) is 5.00. The number of rotatable bonds is 7. The second-order valence-corrected chi connectivity index (χ2v) is 9.23. The van der Waals surface area contributed by atoms with E-state index in [1.54, 1.807) is 6.07 Å². The highest BCUT2D eigenvalue weighted by atomic mass is 19.1. The normalized spacial score (nSPS) is 17.6. The maximum Gasteiger partial charge on any atom is 0.407 e. The number of nitrogens with zero attached hydrogens (tertiary/aromatic N) is 3. The van der Waals surface area contributed by atoms with Crippen molar-refractivity contribution in [2.24, 2.45) is 0 Å². The van der Waals surface area contributed by atoms with Crippen LogP contribution in [0.5, 0.6) is 0 Å². The molecule has 3 heterocycles. The van der Waals surface area contributed by atoms with Crippen LogP contribution in [0.2, 0.25) is 0 Å². The quantitative estimate of drug-likeness (QED) is 0.664. The molecule has 0 bridgehead atoms. The highest BCUT2D eigenvalue weighted by molar-refractivity contribution is 5.68. The molecule has 2 aromatic heterocycles. The molecule has 0 aromatic carbocycles. The molecular formula is C23H34FN5O2. The molecule has 2 aromatic rings. The van der Waals surface area contributed by atoms with Crippen LogP contribution in [0.4, 0.5) is 15.0 Å². The number of carbonyl (C=O) groups excluding carboxylic acids is 1. The monoisotopic (exact) mass is 431 g/mol. The molecule has 170 valence electrons. The predicted octanol–water partition coefficient (Wildman–Crippen LogP) is 4.69. The Kier molecular flexibility index (Phi) is 7.18. The molecule has 1 aliphatic heterocycles. The summed E-state index contributed by atoms with van der Waals surface area (Å²) < 4.78 is 19.5. The SMILES string of the molecule is CCc1cc(N2CCC[C@@H]2c2cc(F)cnc2CC[C@@H](C)NC(=O)OC(C)(C)C)n[nH]1. The number of anilines is 1. The summed E-state index contributed by atoms with van der Waals surface area (Å²) >= 11 is 0. The first-order valence-electron chi connectivity index (χ1n) is 11.1. The summed E-state index contributed by atoms with van der Waals surface area (Å²) in [6.45, 7) is 10.4. The summed E-state index contributed by atoms with van der Waals surface area (Å²) in [5.41, 5.74) is 2.32. The molecule has 0 radical (unpaired) electrons. The van der Waals surface area contributed by atoms with Gasteiger partial charge in [0.1, 0.15) is 11.4 Å². The molecule has 3 rings (SSSR count). The number of hydrogen-bond donors (Lipinski definition) is 2. The van der Waals surface area contributed by atoms with E-state index in [-0.39, 0.29) is 17.9 Å². The van der Waals surface area contributed by atoms with Crippen LogP contribution in [0, 0.1) is 5.82 Å². The molecule has 31 heavy (non-hydrogen) atoms. The lowest BCUT2D eigenvalue weighted by Crippen LogP contribution is -2.38. The van der Waals surface area contributed by atoms with Gasteiger partial charge < -0.3 is 15.0 Å². The Morgan fingerprint density at radius 3 is 2.87 bits per heavy atom. The van der Waals surface area contributed by atoms with Crippen molar-refractivity contribution in [3.8, 4) is 0 Å².